The van der Waals surface area contributed by atoms with E-state index >= 15 is 0 Å². The maximum Gasteiger partial charge on any atom is 0.181 e. The summed E-state index contributed by atoms with van der Waals surface area (Å²) in [5.41, 5.74) is 8.17. The fraction of sp³-hybridized carbons (Fsp3) is 0.588. The first-order valence-corrected chi connectivity index (χ1v) is 8.82. The van der Waals surface area contributed by atoms with E-state index in [1.54, 1.807) is 11.3 Å². The SMILES string of the molecule is CCC1CCC(N(C)Cc2ccc3nc(N)sc3c2)CC1. The average Bonchev–Trinajstić information content (AvgIpc) is 2.86. The van der Waals surface area contributed by atoms with Crippen LogP contribution in [0, 0.1) is 5.92 Å². The number of hydrogen-bond acceptors (Lipinski definition) is 4. The van der Waals surface area contributed by atoms with Crippen LogP contribution in [0.25, 0.3) is 10.2 Å². The second-order valence-corrected chi connectivity index (χ2v) is 7.41. The lowest BCUT2D eigenvalue weighted by Gasteiger charge is -2.34. The number of hydrogen-bond donors (Lipinski definition) is 1. The van der Waals surface area contributed by atoms with Crippen molar-refractivity contribution in [1.82, 2.24) is 9.88 Å². The third-order valence-corrected chi connectivity index (χ3v) is 5.77. The Morgan fingerprint density at radius 1 is 1.29 bits per heavy atom. The molecule has 0 bridgehead atoms. The van der Waals surface area contributed by atoms with Crippen LogP contribution in [0.2, 0.25) is 0 Å². The molecular formula is C17H25N3S. The van der Waals surface area contributed by atoms with Gasteiger partial charge in [-0.25, -0.2) is 4.98 Å². The largest absolute Gasteiger partial charge is 0.375 e. The number of fused-ring (bicyclic) bond motifs is 1. The lowest BCUT2D eigenvalue weighted by Crippen LogP contribution is -2.34. The lowest BCUT2D eigenvalue weighted by molar-refractivity contribution is 0.157. The Balaban J connectivity index is 1.64. The molecule has 1 aliphatic rings. The summed E-state index contributed by atoms with van der Waals surface area (Å²) in [6.45, 7) is 3.35. The smallest absolute Gasteiger partial charge is 0.181 e. The number of nitrogens with zero attached hydrogens (tertiary/aromatic N) is 2. The molecule has 2 aromatic rings. The third-order valence-electron chi connectivity index (χ3n) is 4.92. The van der Waals surface area contributed by atoms with Gasteiger partial charge in [0.25, 0.3) is 0 Å². The van der Waals surface area contributed by atoms with Gasteiger partial charge >= 0.3 is 0 Å². The molecule has 0 amide bonds. The molecule has 3 nitrogen and oxygen atoms in total. The highest BCUT2D eigenvalue weighted by molar-refractivity contribution is 7.22. The van der Waals surface area contributed by atoms with Gasteiger partial charge in [0.05, 0.1) is 10.2 Å². The van der Waals surface area contributed by atoms with Crippen LogP contribution in [-0.4, -0.2) is 23.0 Å². The molecule has 1 aromatic carbocycles. The number of rotatable bonds is 4. The first kappa shape index (κ1) is 14.8. The number of benzene rings is 1. The molecular weight excluding hydrogens is 278 g/mol. The van der Waals surface area contributed by atoms with Crippen LogP contribution in [0.4, 0.5) is 5.13 Å². The number of thiazole rings is 1. The van der Waals surface area contributed by atoms with Gasteiger partial charge in [-0.2, -0.15) is 0 Å². The Bertz CT molecular complexity index is 599. The molecule has 3 rings (SSSR count). The summed E-state index contributed by atoms with van der Waals surface area (Å²) in [5, 5.41) is 0.661. The number of nitrogens with two attached hydrogens (primary N) is 1. The minimum atomic E-state index is 0.661. The van der Waals surface area contributed by atoms with Crippen molar-refractivity contribution in [2.45, 2.75) is 51.6 Å². The van der Waals surface area contributed by atoms with Crippen molar-refractivity contribution >= 4 is 26.7 Å². The molecule has 1 aromatic heterocycles. The summed E-state index contributed by atoms with van der Waals surface area (Å²) in [7, 11) is 2.27. The summed E-state index contributed by atoms with van der Waals surface area (Å²) in [6.07, 6.45) is 6.85. The van der Waals surface area contributed by atoms with Crippen LogP contribution >= 0.6 is 11.3 Å². The molecule has 21 heavy (non-hydrogen) atoms. The molecule has 0 radical (unpaired) electrons. The Labute approximate surface area is 131 Å². The van der Waals surface area contributed by atoms with Crippen LogP contribution in [0.5, 0.6) is 0 Å². The van der Waals surface area contributed by atoms with Gasteiger partial charge in [-0.3, -0.25) is 4.90 Å². The van der Waals surface area contributed by atoms with Crippen molar-refractivity contribution in [3.63, 3.8) is 0 Å². The predicted octanol–water partition coefficient (Wildman–Crippen LogP) is 4.28. The first-order valence-electron chi connectivity index (χ1n) is 8.01. The van der Waals surface area contributed by atoms with Gasteiger partial charge in [-0.05, 0) is 56.3 Å². The van der Waals surface area contributed by atoms with Crippen LogP contribution in [0.3, 0.4) is 0 Å². The zero-order valence-corrected chi connectivity index (χ0v) is 13.8. The second kappa shape index (κ2) is 6.32. The molecule has 1 saturated carbocycles. The van der Waals surface area contributed by atoms with Gasteiger partial charge in [0.15, 0.2) is 5.13 Å². The average molecular weight is 303 g/mol. The van der Waals surface area contributed by atoms with Crippen molar-refractivity contribution in [2.75, 3.05) is 12.8 Å². The molecule has 1 aliphatic carbocycles. The third kappa shape index (κ3) is 3.38. The highest BCUT2D eigenvalue weighted by atomic mass is 32.1. The fourth-order valence-electron chi connectivity index (χ4n) is 3.50. The summed E-state index contributed by atoms with van der Waals surface area (Å²) in [6, 6.07) is 7.28. The topological polar surface area (TPSA) is 42.2 Å². The zero-order valence-electron chi connectivity index (χ0n) is 13.0. The minimum absolute atomic E-state index is 0.661. The van der Waals surface area contributed by atoms with Gasteiger partial charge in [-0.15, -0.1) is 0 Å². The molecule has 2 N–H and O–H groups in total. The molecule has 1 heterocycles. The van der Waals surface area contributed by atoms with Crippen molar-refractivity contribution in [3.8, 4) is 0 Å². The van der Waals surface area contributed by atoms with Gasteiger partial charge in [0.2, 0.25) is 0 Å². The van der Waals surface area contributed by atoms with Gasteiger partial charge in [0.1, 0.15) is 0 Å². The van der Waals surface area contributed by atoms with Crippen LogP contribution in [0.1, 0.15) is 44.6 Å². The van der Waals surface area contributed by atoms with Crippen molar-refractivity contribution in [3.05, 3.63) is 23.8 Å². The quantitative estimate of drug-likeness (QED) is 0.916. The van der Waals surface area contributed by atoms with Gasteiger partial charge in [0, 0.05) is 12.6 Å². The van der Waals surface area contributed by atoms with E-state index < -0.39 is 0 Å². The maximum absolute atomic E-state index is 5.78. The van der Waals surface area contributed by atoms with E-state index in [1.165, 1.54) is 42.4 Å². The maximum atomic E-state index is 5.78. The summed E-state index contributed by atoms with van der Waals surface area (Å²) in [5.74, 6) is 0.964. The van der Waals surface area contributed by atoms with Gasteiger partial charge in [-0.1, -0.05) is 30.7 Å². The molecule has 0 aliphatic heterocycles. The van der Waals surface area contributed by atoms with Crippen LogP contribution < -0.4 is 5.73 Å². The zero-order chi connectivity index (χ0) is 14.8. The van der Waals surface area contributed by atoms with Crippen molar-refractivity contribution in [1.29, 1.82) is 0 Å². The van der Waals surface area contributed by atoms with Crippen molar-refractivity contribution < 1.29 is 0 Å². The monoisotopic (exact) mass is 303 g/mol. The van der Waals surface area contributed by atoms with E-state index in [2.05, 4.69) is 42.1 Å². The Morgan fingerprint density at radius 2 is 2.05 bits per heavy atom. The molecule has 0 unspecified atom stereocenters. The highest BCUT2D eigenvalue weighted by Crippen LogP contribution is 2.30. The van der Waals surface area contributed by atoms with E-state index in [-0.39, 0.29) is 0 Å². The minimum Gasteiger partial charge on any atom is -0.375 e. The van der Waals surface area contributed by atoms with E-state index in [0.29, 0.717) is 5.13 Å². The molecule has 0 saturated heterocycles. The summed E-state index contributed by atoms with van der Waals surface area (Å²) < 4.78 is 1.20. The fourth-order valence-corrected chi connectivity index (χ4v) is 4.29. The van der Waals surface area contributed by atoms with Gasteiger partial charge < -0.3 is 5.73 Å². The normalized spacial score (nSPS) is 23.0. The van der Waals surface area contributed by atoms with Crippen LogP contribution in [0.15, 0.2) is 18.2 Å². The molecule has 114 valence electrons. The predicted molar refractivity (Wildman–Crippen MR) is 91.5 cm³/mol. The lowest BCUT2D eigenvalue weighted by atomic mass is 9.84. The van der Waals surface area contributed by atoms with Crippen molar-refractivity contribution in [2.24, 2.45) is 5.92 Å². The number of aromatic nitrogens is 1. The molecule has 0 atom stereocenters. The van der Waals surface area contributed by atoms with Crippen LogP contribution in [-0.2, 0) is 6.54 Å². The Kier molecular flexibility index (Phi) is 4.45. The molecule has 1 fully saturated rings. The van der Waals surface area contributed by atoms with E-state index in [1.807, 2.05) is 0 Å². The molecule has 0 spiro atoms. The Hall–Kier alpha value is -1.13. The standard InChI is InChI=1S/C17H25N3S/c1-3-12-4-7-14(8-5-12)20(2)11-13-6-9-15-16(10-13)21-17(18)19-15/h6,9-10,12,14H,3-5,7-8,11H2,1-2H3,(H2,18,19). The number of anilines is 1. The number of nitrogen functional groups attached to an aromatic ring is 1. The highest BCUT2D eigenvalue weighted by Gasteiger charge is 2.23. The van der Waals surface area contributed by atoms with E-state index in [4.69, 9.17) is 5.73 Å². The van der Waals surface area contributed by atoms with E-state index in [9.17, 15) is 0 Å². The summed E-state index contributed by atoms with van der Waals surface area (Å²) in [4.78, 5) is 6.85. The first-order chi connectivity index (χ1) is 10.2. The second-order valence-electron chi connectivity index (χ2n) is 6.35. The molecule has 4 heteroatoms. The Morgan fingerprint density at radius 3 is 2.76 bits per heavy atom. The summed E-state index contributed by atoms with van der Waals surface area (Å²) >= 11 is 1.58. The van der Waals surface area contributed by atoms with E-state index in [0.717, 1.165) is 24.0 Å².